The SMILES string of the molecule is C=CCCCCCCCCC(=O)OCCCCC/C=C(/C)B1OC(C)(C)C(C)(C)O1. The summed E-state index contributed by atoms with van der Waals surface area (Å²) in [6.45, 7) is 14.7. The van der Waals surface area contributed by atoms with E-state index in [1.807, 2.05) is 6.08 Å². The van der Waals surface area contributed by atoms with Crippen molar-refractivity contribution in [3.05, 3.63) is 24.2 Å². The van der Waals surface area contributed by atoms with Crippen molar-refractivity contribution in [3.8, 4) is 0 Å². The topological polar surface area (TPSA) is 44.8 Å². The zero-order chi connectivity index (χ0) is 22.5. The molecule has 0 unspecified atom stereocenters. The zero-order valence-electron chi connectivity index (χ0n) is 20.3. The van der Waals surface area contributed by atoms with E-state index in [-0.39, 0.29) is 24.3 Å². The van der Waals surface area contributed by atoms with Crippen LogP contribution in [0, 0.1) is 0 Å². The smallest absolute Gasteiger partial charge is 0.466 e. The third-order valence-corrected chi connectivity index (χ3v) is 6.24. The number of esters is 1. The molecule has 30 heavy (non-hydrogen) atoms. The predicted octanol–water partition coefficient (Wildman–Crippen LogP) is 6.97. The molecular formula is C25H45BO4. The van der Waals surface area contributed by atoms with E-state index >= 15 is 0 Å². The van der Waals surface area contributed by atoms with Crippen LogP contribution in [0.15, 0.2) is 24.2 Å². The molecule has 0 aromatic carbocycles. The van der Waals surface area contributed by atoms with E-state index in [4.69, 9.17) is 14.0 Å². The Balaban J connectivity index is 1.99. The summed E-state index contributed by atoms with van der Waals surface area (Å²) in [6.07, 6.45) is 17.0. The number of carbonyl (C=O) groups excluding carboxylic acids is 1. The summed E-state index contributed by atoms with van der Waals surface area (Å²) in [5.74, 6) is -0.0434. The van der Waals surface area contributed by atoms with E-state index in [9.17, 15) is 4.79 Å². The Morgan fingerprint density at radius 2 is 1.40 bits per heavy atom. The maximum absolute atomic E-state index is 11.8. The van der Waals surface area contributed by atoms with Crippen LogP contribution in [-0.2, 0) is 18.8 Å². The number of hydrogen-bond acceptors (Lipinski definition) is 4. The van der Waals surface area contributed by atoms with Crippen LogP contribution in [0.2, 0.25) is 0 Å². The number of rotatable bonds is 16. The summed E-state index contributed by atoms with van der Waals surface area (Å²) in [7, 11) is -0.247. The van der Waals surface area contributed by atoms with Crippen molar-refractivity contribution in [1.29, 1.82) is 0 Å². The minimum absolute atomic E-state index is 0.0434. The maximum atomic E-state index is 11.8. The van der Waals surface area contributed by atoms with Gasteiger partial charge in [-0.3, -0.25) is 4.79 Å². The van der Waals surface area contributed by atoms with Crippen LogP contribution in [0.4, 0.5) is 0 Å². The molecule has 1 saturated heterocycles. The number of ether oxygens (including phenoxy) is 1. The van der Waals surface area contributed by atoms with Gasteiger partial charge >= 0.3 is 13.1 Å². The van der Waals surface area contributed by atoms with Crippen molar-refractivity contribution >= 4 is 13.1 Å². The van der Waals surface area contributed by atoms with Gasteiger partial charge in [-0.2, -0.15) is 0 Å². The molecule has 0 saturated carbocycles. The predicted molar refractivity (Wildman–Crippen MR) is 126 cm³/mol. The standard InChI is InChI=1S/C25H45BO4/c1-7-8-9-10-11-12-13-17-20-23(27)28-21-18-15-14-16-19-22(2)26-29-24(3,4)25(5,6)30-26/h7,19H,1,8-18,20-21H2,2-6H3/b22-19-. The van der Waals surface area contributed by atoms with E-state index in [1.165, 1.54) is 25.7 Å². The molecule has 0 amide bonds. The quantitative estimate of drug-likeness (QED) is 0.117. The molecule has 0 aliphatic carbocycles. The first-order valence-corrected chi connectivity index (χ1v) is 12.0. The second kappa shape index (κ2) is 14.1. The van der Waals surface area contributed by atoms with Gasteiger partial charge in [0.15, 0.2) is 0 Å². The summed E-state index contributed by atoms with van der Waals surface area (Å²) in [5.41, 5.74) is 0.560. The van der Waals surface area contributed by atoms with Crippen LogP contribution in [-0.4, -0.2) is 30.9 Å². The molecule has 5 heteroatoms. The Labute approximate surface area is 186 Å². The lowest BCUT2D eigenvalue weighted by atomic mass is 9.79. The fourth-order valence-corrected chi connectivity index (χ4v) is 3.40. The highest BCUT2D eigenvalue weighted by Crippen LogP contribution is 2.38. The average molecular weight is 420 g/mol. The molecule has 1 aliphatic heterocycles. The van der Waals surface area contributed by atoms with Gasteiger partial charge in [-0.05, 0) is 85.0 Å². The fraction of sp³-hybridized carbons (Fsp3) is 0.800. The van der Waals surface area contributed by atoms with Crippen molar-refractivity contribution in [2.24, 2.45) is 0 Å². The lowest BCUT2D eigenvalue weighted by Crippen LogP contribution is -2.41. The van der Waals surface area contributed by atoms with Crippen molar-refractivity contribution in [2.45, 2.75) is 123 Å². The largest absolute Gasteiger partial charge is 0.489 e. The lowest BCUT2D eigenvalue weighted by Gasteiger charge is -2.32. The Morgan fingerprint density at radius 1 is 0.867 bits per heavy atom. The first-order valence-electron chi connectivity index (χ1n) is 12.0. The van der Waals surface area contributed by atoms with Crippen LogP contribution in [0.1, 0.15) is 112 Å². The molecule has 0 radical (unpaired) electrons. The van der Waals surface area contributed by atoms with Crippen LogP contribution in [0.5, 0.6) is 0 Å². The van der Waals surface area contributed by atoms with Gasteiger partial charge in [-0.15, -0.1) is 6.58 Å². The summed E-state index contributed by atoms with van der Waals surface area (Å²) < 4.78 is 17.5. The molecule has 0 aromatic rings. The Kier molecular flexibility index (Phi) is 12.7. The highest BCUT2D eigenvalue weighted by Gasteiger charge is 2.51. The molecule has 0 bridgehead atoms. The van der Waals surface area contributed by atoms with Crippen molar-refractivity contribution < 1.29 is 18.8 Å². The lowest BCUT2D eigenvalue weighted by molar-refractivity contribution is -0.143. The highest BCUT2D eigenvalue weighted by atomic mass is 16.7. The third-order valence-electron chi connectivity index (χ3n) is 6.24. The normalized spacial score (nSPS) is 17.9. The van der Waals surface area contributed by atoms with Gasteiger partial charge in [0.05, 0.1) is 17.8 Å². The van der Waals surface area contributed by atoms with Gasteiger partial charge in [-0.1, -0.05) is 37.8 Å². The average Bonchev–Trinajstić information content (AvgIpc) is 2.90. The van der Waals surface area contributed by atoms with Gasteiger partial charge in [0.25, 0.3) is 0 Å². The van der Waals surface area contributed by atoms with Gasteiger partial charge in [0.2, 0.25) is 0 Å². The van der Waals surface area contributed by atoms with E-state index in [1.54, 1.807) is 0 Å². The summed E-state index contributed by atoms with van der Waals surface area (Å²) >= 11 is 0. The summed E-state index contributed by atoms with van der Waals surface area (Å²) in [5, 5.41) is 0. The van der Waals surface area contributed by atoms with Crippen LogP contribution >= 0.6 is 0 Å². The van der Waals surface area contributed by atoms with Crippen LogP contribution < -0.4 is 0 Å². The molecular weight excluding hydrogens is 375 g/mol. The van der Waals surface area contributed by atoms with Gasteiger partial charge in [0.1, 0.15) is 0 Å². The number of carbonyl (C=O) groups is 1. The minimum Gasteiger partial charge on any atom is -0.466 e. The van der Waals surface area contributed by atoms with Gasteiger partial charge in [-0.25, -0.2) is 0 Å². The van der Waals surface area contributed by atoms with Crippen molar-refractivity contribution in [2.75, 3.05) is 6.61 Å². The molecule has 4 nitrogen and oxygen atoms in total. The van der Waals surface area contributed by atoms with E-state index in [0.29, 0.717) is 13.0 Å². The van der Waals surface area contributed by atoms with E-state index in [0.717, 1.165) is 50.4 Å². The Morgan fingerprint density at radius 3 is 2.03 bits per heavy atom. The Bertz CT molecular complexity index is 523. The molecule has 1 aliphatic rings. The molecule has 0 atom stereocenters. The highest BCUT2D eigenvalue weighted by molar-refractivity contribution is 6.54. The van der Waals surface area contributed by atoms with Gasteiger partial charge < -0.3 is 14.0 Å². The number of unbranched alkanes of at least 4 members (excludes halogenated alkanes) is 9. The van der Waals surface area contributed by atoms with Gasteiger partial charge in [0, 0.05) is 6.42 Å². The zero-order valence-corrected chi connectivity index (χ0v) is 20.3. The molecule has 0 aromatic heterocycles. The molecule has 172 valence electrons. The molecule has 0 N–H and O–H groups in total. The summed E-state index contributed by atoms with van der Waals surface area (Å²) in [4.78, 5) is 11.8. The second-order valence-corrected chi connectivity index (χ2v) is 9.55. The Hall–Kier alpha value is -1.07. The molecule has 1 heterocycles. The van der Waals surface area contributed by atoms with Crippen LogP contribution in [0.3, 0.4) is 0 Å². The van der Waals surface area contributed by atoms with E-state index < -0.39 is 0 Å². The van der Waals surface area contributed by atoms with Crippen LogP contribution in [0.25, 0.3) is 0 Å². The number of hydrogen-bond donors (Lipinski definition) is 0. The summed E-state index contributed by atoms with van der Waals surface area (Å²) in [6, 6.07) is 0. The van der Waals surface area contributed by atoms with E-state index in [2.05, 4.69) is 47.3 Å². The third kappa shape index (κ3) is 10.3. The van der Waals surface area contributed by atoms with Crippen molar-refractivity contribution in [1.82, 2.24) is 0 Å². The first-order chi connectivity index (χ1) is 14.2. The second-order valence-electron chi connectivity index (χ2n) is 9.55. The molecule has 1 rings (SSSR count). The maximum Gasteiger partial charge on any atom is 0.489 e. The monoisotopic (exact) mass is 420 g/mol. The first kappa shape index (κ1) is 27.0. The molecule has 0 spiro atoms. The number of allylic oxidation sites excluding steroid dienone is 3. The fourth-order valence-electron chi connectivity index (χ4n) is 3.40. The minimum atomic E-state index is -0.290. The molecule has 1 fully saturated rings. The van der Waals surface area contributed by atoms with Crippen molar-refractivity contribution in [3.63, 3.8) is 0 Å².